The van der Waals surface area contributed by atoms with Crippen LogP contribution in [-0.4, -0.2) is 27.5 Å². The molecule has 0 fully saturated rings. The van der Waals surface area contributed by atoms with Crippen LogP contribution < -0.4 is 14.8 Å². The molecule has 0 spiro atoms. The van der Waals surface area contributed by atoms with E-state index in [1.807, 2.05) is 62.4 Å². The Balaban J connectivity index is 1.93. The standard InChI is InChI=1S/C25H28N2O4S/c1-17-10-12-21(19(3)14-17)26-25(28)22(16-20-8-6-5-7-9-20)27-32(29,30)24-15-18(2)11-13-23(24)31-4/h5-15,22,27H,16H2,1-4H3,(H,26,28)/t22-/m1/s1. The lowest BCUT2D eigenvalue weighted by atomic mass is 10.1. The van der Waals surface area contributed by atoms with Gasteiger partial charge in [0, 0.05) is 5.69 Å². The van der Waals surface area contributed by atoms with Crippen LogP contribution in [0.4, 0.5) is 5.69 Å². The zero-order valence-electron chi connectivity index (χ0n) is 18.7. The number of hydrogen-bond donors (Lipinski definition) is 2. The van der Waals surface area contributed by atoms with Crippen molar-refractivity contribution < 1.29 is 17.9 Å². The summed E-state index contributed by atoms with van der Waals surface area (Å²) in [6.45, 7) is 5.67. The minimum absolute atomic E-state index is 0.00243. The maximum absolute atomic E-state index is 13.3. The molecule has 0 aliphatic carbocycles. The van der Waals surface area contributed by atoms with E-state index >= 15 is 0 Å². The van der Waals surface area contributed by atoms with Crippen LogP contribution in [0.15, 0.2) is 71.6 Å². The molecule has 2 N–H and O–H groups in total. The van der Waals surface area contributed by atoms with Crippen molar-refractivity contribution >= 4 is 21.6 Å². The van der Waals surface area contributed by atoms with Crippen molar-refractivity contribution in [1.29, 1.82) is 0 Å². The van der Waals surface area contributed by atoms with Crippen LogP contribution in [0, 0.1) is 20.8 Å². The van der Waals surface area contributed by atoms with Crippen LogP contribution in [0.5, 0.6) is 5.75 Å². The topological polar surface area (TPSA) is 84.5 Å². The molecule has 0 aliphatic heterocycles. The van der Waals surface area contributed by atoms with Gasteiger partial charge in [0.25, 0.3) is 0 Å². The Labute approximate surface area is 189 Å². The second-order valence-corrected chi connectivity index (χ2v) is 9.51. The molecule has 3 rings (SSSR count). The Hall–Kier alpha value is -3.16. The lowest BCUT2D eigenvalue weighted by Crippen LogP contribution is -2.45. The van der Waals surface area contributed by atoms with Gasteiger partial charge in [0.15, 0.2) is 0 Å². The Morgan fingerprint density at radius 1 is 0.938 bits per heavy atom. The predicted molar refractivity (Wildman–Crippen MR) is 127 cm³/mol. The number of nitrogens with one attached hydrogen (secondary N) is 2. The van der Waals surface area contributed by atoms with Gasteiger partial charge in [-0.15, -0.1) is 0 Å². The quantitative estimate of drug-likeness (QED) is 0.538. The van der Waals surface area contributed by atoms with Gasteiger partial charge in [-0.05, 0) is 62.1 Å². The number of rotatable bonds is 8. The molecule has 0 unspecified atom stereocenters. The van der Waals surface area contributed by atoms with Crippen molar-refractivity contribution in [1.82, 2.24) is 4.72 Å². The second-order valence-electron chi connectivity index (χ2n) is 7.83. The lowest BCUT2D eigenvalue weighted by molar-refractivity contribution is -0.117. The van der Waals surface area contributed by atoms with E-state index in [0.717, 1.165) is 22.3 Å². The van der Waals surface area contributed by atoms with E-state index < -0.39 is 22.0 Å². The smallest absolute Gasteiger partial charge is 0.245 e. The van der Waals surface area contributed by atoms with E-state index in [1.54, 1.807) is 19.1 Å². The number of aryl methyl sites for hydroxylation is 3. The molecule has 168 valence electrons. The normalized spacial score (nSPS) is 12.2. The van der Waals surface area contributed by atoms with Gasteiger partial charge >= 0.3 is 0 Å². The molecular weight excluding hydrogens is 424 g/mol. The van der Waals surface area contributed by atoms with Crippen molar-refractivity contribution in [2.75, 3.05) is 12.4 Å². The number of benzene rings is 3. The van der Waals surface area contributed by atoms with Crippen LogP contribution in [0.25, 0.3) is 0 Å². The molecule has 0 heterocycles. The highest BCUT2D eigenvalue weighted by Crippen LogP contribution is 2.25. The summed E-state index contributed by atoms with van der Waals surface area (Å²) in [4.78, 5) is 13.2. The van der Waals surface area contributed by atoms with Gasteiger partial charge in [-0.2, -0.15) is 4.72 Å². The molecular formula is C25H28N2O4S. The third kappa shape index (κ3) is 5.75. The molecule has 3 aromatic rings. The molecule has 1 atom stereocenters. The minimum Gasteiger partial charge on any atom is -0.495 e. The van der Waals surface area contributed by atoms with E-state index in [2.05, 4.69) is 10.0 Å². The summed E-state index contributed by atoms with van der Waals surface area (Å²) in [5.41, 5.74) is 4.23. The lowest BCUT2D eigenvalue weighted by Gasteiger charge is -2.20. The Kier molecular flexibility index (Phi) is 7.33. The molecule has 0 bridgehead atoms. The van der Waals surface area contributed by atoms with E-state index in [-0.39, 0.29) is 17.1 Å². The molecule has 0 aliphatic rings. The summed E-state index contributed by atoms with van der Waals surface area (Å²) in [5.74, 6) is -0.215. The van der Waals surface area contributed by atoms with Crippen molar-refractivity contribution in [3.8, 4) is 5.75 Å². The van der Waals surface area contributed by atoms with Gasteiger partial charge < -0.3 is 10.1 Å². The Bertz CT molecular complexity index is 1210. The van der Waals surface area contributed by atoms with Gasteiger partial charge in [0.1, 0.15) is 16.7 Å². The number of carbonyl (C=O) groups is 1. The van der Waals surface area contributed by atoms with Crippen molar-refractivity contribution in [3.63, 3.8) is 0 Å². The zero-order valence-corrected chi connectivity index (χ0v) is 19.5. The molecule has 3 aromatic carbocycles. The number of sulfonamides is 1. The predicted octanol–water partition coefficient (Wildman–Crippen LogP) is 4.15. The highest BCUT2D eigenvalue weighted by molar-refractivity contribution is 7.89. The first-order valence-corrected chi connectivity index (χ1v) is 11.8. The maximum atomic E-state index is 13.3. The molecule has 7 heteroatoms. The van der Waals surface area contributed by atoms with E-state index in [9.17, 15) is 13.2 Å². The van der Waals surface area contributed by atoms with Gasteiger partial charge in [-0.3, -0.25) is 4.79 Å². The van der Waals surface area contributed by atoms with Crippen molar-refractivity contribution in [2.24, 2.45) is 0 Å². The van der Waals surface area contributed by atoms with Gasteiger partial charge in [0.05, 0.1) is 7.11 Å². The van der Waals surface area contributed by atoms with Gasteiger partial charge in [-0.25, -0.2) is 8.42 Å². The van der Waals surface area contributed by atoms with Crippen LogP contribution in [-0.2, 0) is 21.2 Å². The summed E-state index contributed by atoms with van der Waals surface area (Å²) < 4.78 is 34.4. The maximum Gasteiger partial charge on any atom is 0.245 e. The summed E-state index contributed by atoms with van der Waals surface area (Å²) >= 11 is 0. The first kappa shape index (κ1) is 23.5. The fraction of sp³-hybridized carbons (Fsp3) is 0.240. The fourth-order valence-corrected chi connectivity index (χ4v) is 4.91. The fourth-order valence-electron chi connectivity index (χ4n) is 3.46. The summed E-state index contributed by atoms with van der Waals surface area (Å²) in [7, 11) is -2.62. The Morgan fingerprint density at radius 3 is 2.25 bits per heavy atom. The molecule has 0 saturated carbocycles. The Morgan fingerprint density at radius 2 is 1.59 bits per heavy atom. The number of carbonyl (C=O) groups excluding carboxylic acids is 1. The molecule has 0 aromatic heterocycles. The first-order valence-electron chi connectivity index (χ1n) is 10.3. The SMILES string of the molecule is COc1ccc(C)cc1S(=O)(=O)N[C@H](Cc1ccccc1)C(=O)Nc1ccc(C)cc1C. The van der Waals surface area contributed by atoms with Crippen molar-refractivity contribution in [2.45, 2.75) is 38.1 Å². The van der Waals surface area contributed by atoms with Crippen LogP contribution in [0.3, 0.4) is 0 Å². The average Bonchev–Trinajstić information content (AvgIpc) is 2.75. The average molecular weight is 453 g/mol. The summed E-state index contributed by atoms with van der Waals surface area (Å²) in [6.07, 6.45) is 0.199. The monoisotopic (exact) mass is 452 g/mol. The number of anilines is 1. The van der Waals surface area contributed by atoms with Crippen LogP contribution >= 0.6 is 0 Å². The third-order valence-corrected chi connectivity index (χ3v) is 6.64. The van der Waals surface area contributed by atoms with Crippen molar-refractivity contribution in [3.05, 3.63) is 89.0 Å². The number of amides is 1. The molecule has 32 heavy (non-hydrogen) atoms. The van der Waals surface area contributed by atoms with Gasteiger partial charge in [-0.1, -0.05) is 54.1 Å². The second kappa shape index (κ2) is 9.97. The van der Waals surface area contributed by atoms with Crippen LogP contribution in [0.2, 0.25) is 0 Å². The van der Waals surface area contributed by atoms with E-state index in [4.69, 9.17) is 4.74 Å². The summed E-state index contributed by atoms with van der Waals surface area (Å²) in [6, 6.07) is 18.9. The number of methoxy groups -OCH3 is 1. The molecule has 0 saturated heterocycles. The summed E-state index contributed by atoms with van der Waals surface area (Å²) in [5, 5.41) is 2.87. The highest BCUT2D eigenvalue weighted by Gasteiger charge is 2.28. The van der Waals surface area contributed by atoms with E-state index in [0.29, 0.717) is 5.69 Å². The van der Waals surface area contributed by atoms with E-state index in [1.165, 1.54) is 13.2 Å². The van der Waals surface area contributed by atoms with Gasteiger partial charge in [0.2, 0.25) is 15.9 Å². The highest BCUT2D eigenvalue weighted by atomic mass is 32.2. The first-order chi connectivity index (χ1) is 15.2. The molecule has 0 radical (unpaired) electrons. The largest absolute Gasteiger partial charge is 0.495 e. The molecule has 6 nitrogen and oxygen atoms in total. The number of ether oxygens (including phenoxy) is 1. The molecule has 1 amide bonds. The number of hydrogen-bond acceptors (Lipinski definition) is 4. The van der Waals surface area contributed by atoms with Crippen LogP contribution in [0.1, 0.15) is 22.3 Å². The minimum atomic E-state index is -4.03. The zero-order chi connectivity index (χ0) is 23.3. The third-order valence-electron chi connectivity index (χ3n) is 5.14.